The van der Waals surface area contributed by atoms with Crippen molar-refractivity contribution in [3.05, 3.63) is 36.4 Å². The van der Waals surface area contributed by atoms with Gasteiger partial charge in [-0.3, -0.25) is 0 Å². The lowest BCUT2D eigenvalue weighted by atomic mass is 10.1. The SMILES string of the molecule is CCSc1ccc(-c2cccc(OC)c2)nn1. The number of benzene rings is 1. The van der Waals surface area contributed by atoms with Crippen LogP contribution in [0.3, 0.4) is 0 Å². The van der Waals surface area contributed by atoms with E-state index >= 15 is 0 Å². The van der Waals surface area contributed by atoms with Crippen molar-refractivity contribution in [1.82, 2.24) is 10.2 Å². The molecule has 0 aliphatic carbocycles. The maximum Gasteiger partial charge on any atom is 0.119 e. The fraction of sp³-hybridized carbons (Fsp3) is 0.231. The van der Waals surface area contributed by atoms with E-state index in [1.165, 1.54) is 0 Å². The third kappa shape index (κ3) is 2.97. The van der Waals surface area contributed by atoms with Crippen molar-refractivity contribution < 1.29 is 4.74 Å². The smallest absolute Gasteiger partial charge is 0.119 e. The first-order chi connectivity index (χ1) is 8.33. The standard InChI is InChI=1S/C13H14N2OS/c1-3-17-13-8-7-12(14-15-13)10-5-4-6-11(9-10)16-2/h4-9H,3H2,1-2H3. The predicted molar refractivity (Wildman–Crippen MR) is 70.4 cm³/mol. The van der Waals surface area contributed by atoms with Crippen LogP contribution in [0.15, 0.2) is 41.4 Å². The highest BCUT2D eigenvalue weighted by Crippen LogP contribution is 2.23. The van der Waals surface area contributed by atoms with Crippen LogP contribution in [0, 0.1) is 0 Å². The molecule has 4 heteroatoms. The Labute approximate surface area is 105 Å². The van der Waals surface area contributed by atoms with E-state index in [0.717, 1.165) is 27.8 Å². The monoisotopic (exact) mass is 246 g/mol. The third-order valence-corrected chi connectivity index (χ3v) is 3.10. The summed E-state index contributed by atoms with van der Waals surface area (Å²) in [6.07, 6.45) is 0. The van der Waals surface area contributed by atoms with Gasteiger partial charge in [-0.05, 0) is 30.0 Å². The van der Waals surface area contributed by atoms with Crippen molar-refractivity contribution in [2.24, 2.45) is 0 Å². The van der Waals surface area contributed by atoms with E-state index in [-0.39, 0.29) is 0 Å². The topological polar surface area (TPSA) is 35.0 Å². The first kappa shape index (κ1) is 11.9. The minimum absolute atomic E-state index is 0.830. The van der Waals surface area contributed by atoms with E-state index in [9.17, 15) is 0 Å². The summed E-state index contributed by atoms with van der Waals surface area (Å²) in [5.41, 5.74) is 1.88. The fourth-order valence-corrected chi connectivity index (χ4v) is 2.04. The lowest BCUT2D eigenvalue weighted by Crippen LogP contribution is -1.90. The van der Waals surface area contributed by atoms with Gasteiger partial charge in [-0.15, -0.1) is 22.0 Å². The summed E-state index contributed by atoms with van der Waals surface area (Å²) < 4.78 is 5.19. The quantitative estimate of drug-likeness (QED) is 0.776. The number of hydrogen-bond acceptors (Lipinski definition) is 4. The molecular weight excluding hydrogens is 232 g/mol. The molecule has 1 aromatic heterocycles. The molecular formula is C13H14N2OS. The number of rotatable bonds is 4. The summed E-state index contributed by atoms with van der Waals surface area (Å²) in [5, 5.41) is 9.35. The van der Waals surface area contributed by atoms with Gasteiger partial charge in [0.15, 0.2) is 0 Å². The molecule has 0 amide bonds. The summed E-state index contributed by atoms with van der Waals surface area (Å²) in [6, 6.07) is 11.8. The maximum atomic E-state index is 5.19. The molecule has 0 bridgehead atoms. The number of thioether (sulfide) groups is 1. The molecule has 17 heavy (non-hydrogen) atoms. The zero-order valence-electron chi connectivity index (χ0n) is 9.88. The van der Waals surface area contributed by atoms with Crippen LogP contribution in [0.1, 0.15) is 6.92 Å². The van der Waals surface area contributed by atoms with Crippen molar-refractivity contribution >= 4 is 11.8 Å². The zero-order valence-corrected chi connectivity index (χ0v) is 10.7. The molecule has 0 spiro atoms. The molecule has 0 radical (unpaired) electrons. The number of aromatic nitrogens is 2. The Morgan fingerprint density at radius 3 is 2.71 bits per heavy atom. The van der Waals surface area contributed by atoms with E-state index in [2.05, 4.69) is 17.1 Å². The van der Waals surface area contributed by atoms with E-state index in [1.807, 2.05) is 36.4 Å². The zero-order chi connectivity index (χ0) is 12.1. The van der Waals surface area contributed by atoms with Crippen LogP contribution in [0.4, 0.5) is 0 Å². The number of hydrogen-bond donors (Lipinski definition) is 0. The Morgan fingerprint density at radius 1 is 1.18 bits per heavy atom. The Bertz CT molecular complexity index is 485. The average Bonchev–Trinajstić information content (AvgIpc) is 2.40. The molecule has 0 unspecified atom stereocenters. The molecule has 0 atom stereocenters. The number of methoxy groups -OCH3 is 1. The van der Waals surface area contributed by atoms with Gasteiger partial charge in [-0.2, -0.15) is 0 Å². The lowest BCUT2D eigenvalue weighted by Gasteiger charge is -2.04. The van der Waals surface area contributed by atoms with Gasteiger partial charge >= 0.3 is 0 Å². The second-order valence-corrected chi connectivity index (χ2v) is 4.71. The summed E-state index contributed by atoms with van der Waals surface area (Å²) in [5.74, 6) is 1.84. The minimum Gasteiger partial charge on any atom is -0.497 e. The molecule has 1 heterocycles. The molecule has 0 N–H and O–H groups in total. The van der Waals surface area contributed by atoms with E-state index < -0.39 is 0 Å². The van der Waals surface area contributed by atoms with Crippen molar-refractivity contribution in [2.45, 2.75) is 11.9 Å². The van der Waals surface area contributed by atoms with E-state index in [4.69, 9.17) is 4.74 Å². The van der Waals surface area contributed by atoms with E-state index in [1.54, 1.807) is 18.9 Å². The molecule has 0 saturated carbocycles. The van der Waals surface area contributed by atoms with Crippen LogP contribution < -0.4 is 4.74 Å². The van der Waals surface area contributed by atoms with Gasteiger partial charge in [-0.1, -0.05) is 19.1 Å². The molecule has 0 fully saturated rings. The summed E-state index contributed by atoms with van der Waals surface area (Å²) in [4.78, 5) is 0. The van der Waals surface area contributed by atoms with Gasteiger partial charge in [0.05, 0.1) is 12.8 Å². The summed E-state index contributed by atoms with van der Waals surface area (Å²) >= 11 is 1.69. The van der Waals surface area contributed by atoms with Crippen LogP contribution in [0.25, 0.3) is 11.3 Å². The molecule has 2 rings (SSSR count). The molecule has 0 aliphatic heterocycles. The normalized spacial score (nSPS) is 10.2. The molecule has 3 nitrogen and oxygen atoms in total. The highest BCUT2D eigenvalue weighted by Gasteiger charge is 2.02. The number of ether oxygens (including phenoxy) is 1. The van der Waals surface area contributed by atoms with E-state index in [0.29, 0.717) is 0 Å². The summed E-state index contributed by atoms with van der Waals surface area (Å²) in [7, 11) is 1.66. The van der Waals surface area contributed by atoms with Gasteiger partial charge in [0, 0.05) is 5.56 Å². The second-order valence-electron chi connectivity index (χ2n) is 3.42. The van der Waals surface area contributed by atoms with Crippen molar-refractivity contribution in [3.8, 4) is 17.0 Å². The van der Waals surface area contributed by atoms with Gasteiger partial charge in [0.25, 0.3) is 0 Å². The highest BCUT2D eigenvalue weighted by molar-refractivity contribution is 7.99. The van der Waals surface area contributed by atoms with Gasteiger partial charge in [0.1, 0.15) is 10.8 Å². The molecule has 0 saturated heterocycles. The van der Waals surface area contributed by atoms with Crippen molar-refractivity contribution in [1.29, 1.82) is 0 Å². The van der Waals surface area contributed by atoms with Crippen LogP contribution in [0.5, 0.6) is 5.75 Å². The number of nitrogens with zero attached hydrogens (tertiary/aromatic N) is 2. The van der Waals surface area contributed by atoms with Crippen molar-refractivity contribution in [2.75, 3.05) is 12.9 Å². The largest absolute Gasteiger partial charge is 0.497 e. The fourth-order valence-electron chi connectivity index (χ4n) is 1.48. The Hall–Kier alpha value is -1.55. The van der Waals surface area contributed by atoms with Gasteiger partial charge in [0.2, 0.25) is 0 Å². The van der Waals surface area contributed by atoms with Crippen LogP contribution in [-0.4, -0.2) is 23.1 Å². The Balaban J connectivity index is 2.26. The first-order valence-corrected chi connectivity index (χ1v) is 6.43. The second kappa shape index (κ2) is 5.68. The summed E-state index contributed by atoms with van der Waals surface area (Å²) in [6.45, 7) is 2.10. The molecule has 1 aromatic carbocycles. The lowest BCUT2D eigenvalue weighted by molar-refractivity contribution is 0.415. The van der Waals surface area contributed by atoms with Crippen LogP contribution >= 0.6 is 11.8 Å². The Morgan fingerprint density at radius 2 is 2.06 bits per heavy atom. The van der Waals surface area contributed by atoms with Gasteiger partial charge < -0.3 is 4.74 Å². The predicted octanol–water partition coefficient (Wildman–Crippen LogP) is 3.26. The molecule has 0 aliphatic rings. The van der Waals surface area contributed by atoms with Crippen molar-refractivity contribution in [3.63, 3.8) is 0 Å². The van der Waals surface area contributed by atoms with Crippen LogP contribution in [0.2, 0.25) is 0 Å². The van der Waals surface area contributed by atoms with Crippen LogP contribution in [-0.2, 0) is 0 Å². The minimum atomic E-state index is 0.830. The molecule has 2 aromatic rings. The third-order valence-electron chi connectivity index (χ3n) is 2.30. The average molecular weight is 246 g/mol. The highest BCUT2D eigenvalue weighted by atomic mass is 32.2. The Kier molecular flexibility index (Phi) is 3.98. The maximum absolute atomic E-state index is 5.19. The van der Waals surface area contributed by atoms with Gasteiger partial charge in [-0.25, -0.2) is 0 Å². The first-order valence-electron chi connectivity index (χ1n) is 5.44. The molecule has 88 valence electrons.